The van der Waals surface area contributed by atoms with E-state index in [-0.39, 0.29) is 5.91 Å². The van der Waals surface area contributed by atoms with Gasteiger partial charge in [0.15, 0.2) is 0 Å². The summed E-state index contributed by atoms with van der Waals surface area (Å²) < 4.78 is 1.82. The first kappa shape index (κ1) is 16.9. The van der Waals surface area contributed by atoms with Gasteiger partial charge in [0.2, 0.25) is 0 Å². The van der Waals surface area contributed by atoms with Crippen molar-refractivity contribution in [2.75, 3.05) is 10.6 Å². The molecule has 0 atom stereocenters. The SMILES string of the molecule is Cc1nc(Nc2ccc(NC(=O)c3ccsc3)cc2)cc(-n2ccnc2)n1. The molecule has 0 unspecified atom stereocenters. The van der Waals surface area contributed by atoms with Gasteiger partial charge in [-0.15, -0.1) is 0 Å². The number of rotatable bonds is 5. The van der Waals surface area contributed by atoms with Crippen molar-refractivity contribution in [3.05, 3.63) is 77.3 Å². The Labute approximate surface area is 159 Å². The van der Waals surface area contributed by atoms with Crippen LogP contribution in [0.5, 0.6) is 0 Å². The van der Waals surface area contributed by atoms with Crippen LogP contribution in [-0.4, -0.2) is 25.4 Å². The number of aryl methyl sites for hydroxylation is 1. The molecule has 0 radical (unpaired) electrons. The van der Waals surface area contributed by atoms with E-state index in [4.69, 9.17) is 0 Å². The molecular weight excluding hydrogens is 360 g/mol. The molecule has 27 heavy (non-hydrogen) atoms. The highest BCUT2D eigenvalue weighted by Gasteiger charge is 2.07. The van der Waals surface area contributed by atoms with Crippen LogP contribution in [0.3, 0.4) is 0 Å². The van der Waals surface area contributed by atoms with Gasteiger partial charge >= 0.3 is 0 Å². The first-order chi connectivity index (χ1) is 13.2. The molecule has 0 fully saturated rings. The van der Waals surface area contributed by atoms with Gasteiger partial charge in [-0.1, -0.05) is 0 Å². The van der Waals surface area contributed by atoms with Crippen LogP contribution >= 0.6 is 11.3 Å². The molecule has 0 saturated heterocycles. The standard InChI is InChI=1S/C19H16N6OS/c1-13-21-17(10-18(22-13)25-8-7-20-12-25)23-15-2-4-16(5-3-15)24-19(26)14-6-9-27-11-14/h2-12H,1H3,(H,24,26)(H,21,22,23). The van der Waals surface area contributed by atoms with Crippen molar-refractivity contribution < 1.29 is 4.79 Å². The lowest BCUT2D eigenvalue weighted by atomic mass is 10.2. The zero-order valence-corrected chi connectivity index (χ0v) is 15.3. The number of hydrogen-bond acceptors (Lipinski definition) is 6. The third kappa shape index (κ3) is 4.01. The van der Waals surface area contributed by atoms with Crippen LogP contribution in [-0.2, 0) is 0 Å². The highest BCUT2D eigenvalue weighted by atomic mass is 32.1. The zero-order chi connectivity index (χ0) is 18.6. The molecule has 0 saturated carbocycles. The van der Waals surface area contributed by atoms with Crippen molar-refractivity contribution in [2.45, 2.75) is 6.92 Å². The molecule has 2 N–H and O–H groups in total. The van der Waals surface area contributed by atoms with Crippen molar-refractivity contribution >= 4 is 34.4 Å². The largest absolute Gasteiger partial charge is 0.340 e. The fourth-order valence-electron chi connectivity index (χ4n) is 2.52. The van der Waals surface area contributed by atoms with E-state index in [1.807, 2.05) is 58.8 Å². The van der Waals surface area contributed by atoms with Gasteiger partial charge in [-0.25, -0.2) is 15.0 Å². The lowest BCUT2D eigenvalue weighted by Gasteiger charge is -2.10. The number of nitrogens with one attached hydrogen (secondary N) is 2. The fraction of sp³-hybridized carbons (Fsp3) is 0.0526. The molecule has 134 valence electrons. The quantitative estimate of drug-likeness (QED) is 0.549. The van der Waals surface area contributed by atoms with Crippen molar-refractivity contribution in [3.63, 3.8) is 0 Å². The molecule has 0 aliphatic heterocycles. The first-order valence-electron chi connectivity index (χ1n) is 8.22. The average molecular weight is 376 g/mol. The Kier molecular flexibility index (Phi) is 4.63. The Hall–Kier alpha value is -3.52. The molecule has 1 amide bonds. The van der Waals surface area contributed by atoms with E-state index in [2.05, 4.69) is 25.6 Å². The number of benzene rings is 1. The fourth-order valence-corrected chi connectivity index (χ4v) is 3.16. The number of imidazole rings is 1. The minimum atomic E-state index is -0.117. The topological polar surface area (TPSA) is 84.7 Å². The Balaban J connectivity index is 1.48. The van der Waals surface area contributed by atoms with Crippen LogP contribution in [0.2, 0.25) is 0 Å². The number of carbonyl (C=O) groups excluding carboxylic acids is 1. The van der Waals surface area contributed by atoms with Crippen LogP contribution in [0.15, 0.2) is 65.9 Å². The van der Waals surface area contributed by atoms with E-state index in [1.54, 1.807) is 18.6 Å². The third-order valence-corrected chi connectivity index (χ3v) is 4.48. The molecular formula is C19H16N6OS. The van der Waals surface area contributed by atoms with Crippen molar-refractivity contribution in [2.24, 2.45) is 0 Å². The summed E-state index contributed by atoms with van der Waals surface area (Å²) in [6.07, 6.45) is 5.22. The lowest BCUT2D eigenvalue weighted by molar-refractivity contribution is 0.102. The predicted molar refractivity (Wildman–Crippen MR) is 106 cm³/mol. The van der Waals surface area contributed by atoms with Crippen LogP contribution < -0.4 is 10.6 Å². The molecule has 7 nitrogen and oxygen atoms in total. The number of nitrogens with zero attached hydrogens (tertiary/aromatic N) is 4. The summed E-state index contributed by atoms with van der Waals surface area (Å²) in [5.41, 5.74) is 2.25. The summed E-state index contributed by atoms with van der Waals surface area (Å²) in [4.78, 5) is 25.0. The molecule has 4 aromatic rings. The highest BCUT2D eigenvalue weighted by Crippen LogP contribution is 2.20. The van der Waals surface area contributed by atoms with Crippen molar-refractivity contribution in [1.82, 2.24) is 19.5 Å². The first-order valence-corrected chi connectivity index (χ1v) is 9.16. The van der Waals surface area contributed by atoms with Gasteiger partial charge in [-0.05, 0) is 42.6 Å². The number of hydrogen-bond donors (Lipinski definition) is 2. The number of anilines is 3. The number of aromatic nitrogens is 4. The predicted octanol–water partition coefficient (Wildman–Crippen LogP) is 4.03. The summed E-state index contributed by atoms with van der Waals surface area (Å²) in [5, 5.41) is 9.83. The van der Waals surface area contributed by atoms with Gasteiger partial charge in [0.1, 0.15) is 23.8 Å². The maximum Gasteiger partial charge on any atom is 0.256 e. The minimum absolute atomic E-state index is 0.117. The van der Waals surface area contributed by atoms with Gasteiger partial charge in [-0.3, -0.25) is 9.36 Å². The second-order valence-corrected chi connectivity index (χ2v) is 6.58. The van der Waals surface area contributed by atoms with E-state index < -0.39 is 0 Å². The van der Waals surface area contributed by atoms with Gasteiger partial charge in [0, 0.05) is 35.2 Å². The summed E-state index contributed by atoms with van der Waals surface area (Å²) in [6.45, 7) is 1.84. The van der Waals surface area contributed by atoms with Crippen LogP contribution in [0.4, 0.5) is 17.2 Å². The Morgan fingerprint density at radius 1 is 1.11 bits per heavy atom. The number of carbonyl (C=O) groups is 1. The van der Waals surface area contributed by atoms with E-state index in [1.165, 1.54) is 11.3 Å². The second-order valence-electron chi connectivity index (χ2n) is 5.80. The average Bonchev–Trinajstić information content (AvgIpc) is 3.37. The summed E-state index contributed by atoms with van der Waals surface area (Å²) in [6, 6.07) is 11.1. The maximum absolute atomic E-state index is 12.1. The normalized spacial score (nSPS) is 10.6. The van der Waals surface area contributed by atoms with E-state index in [0.29, 0.717) is 17.2 Å². The van der Waals surface area contributed by atoms with Crippen molar-refractivity contribution in [3.8, 4) is 5.82 Å². The molecule has 0 aliphatic rings. The summed E-state index contributed by atoms with van der Waals surface area (Å²) in [7, 11) is 0. The molecule has 0 bridgehead atoms. The molecule has 8 heteroatoms. The number of thiophene rings is 1. The summed E-state index contributed by atoms with van der Waals surface area (Å²) >= 11 is 1.49. The van der Waals surface area contributed by atoms with Gasteiger partial charge < -0.3 is 10.6 Å². The zero-order valence-electron chi connectivity index (χ0n) is 14.5. The smallest absolute Gasteiger partial charge is 0.256 e. The van der Waals surface area contributed by atoms with E-state index in [9.17, 15) is 4.79 Å². The maximum atomic E-state index is 12.1. The highest BCUT2D eigenvalue weighted by molar-refractivity contribution is 7.08. The Morgan fingerprint density at radius 3 is 2.63 bits per heavy atom. The Bertz CT molecular complexity index is 1040. The number of amides is 1. The minimum Gasteiger partial charge on any atom is -0.340 e. The molecule has 1 aromatic carbocycles. The summed E-state index contributed by atoms with van der Waals surface area (Å²) in [5.74, 6) is 1.96. The second kappa shape index (κ2) is 7.38. The molecule has 0 aliphatic carbocycles. The van der Waals surface area contributed by atoms with Crippen LogP contribution in [0, 0.1) is 6.92 Å². The van der Waals surface area contributed by atoms with Crippen molar-refractivity contribution in [1.29, 1.82) is 0 Å². The van der Waals surface area contributed by atoms with E-state index in [0.717, 1.165) is 17.2 Å². The van der Waals surface area contributed by atoms with Crippen LogP contribution in [0.1, 0.15) is 16.2 Å². The third-order valence-electron chi connectivity index (χ3n) is 3.79. The monoisotopic (exact) mass is 376 g/mol. The van der Waals surface area contributed by atoms with Gasteiger partial charge in [0.25, 0.3) is 5.91 Å². The van der Waals surface area contributed by atoms with Crippen LogP contribution in [0.25, 0.3) is 5.82 Å². The Morgan fingerprint density at radius 2 is 1.93 bits per heavy atom. The lowest BCUT2D eigenvalue weighted by Crippen LogP contribution is -2.10. The molecule has 3 heterocycles. The molecule has 3 aromatic heterocycles. The van der Waals surface area contributed by atoms with E-state index >= 15 is 0 Å². The van der Waals surface area contributed by atoms with Gasteiger partial charge in [-0.2, -0.15) is 11.3 Å². The molecule has 0 spiro atoms. The van der Waals surface area contributed by atoms with Gasteiger partial charge in [0.05, 0.1) is 5.56 Å². The molecule has 4 rings (SSSR count).